The third kappa shape index (κ3) is 3.41. The molecule has 0 unspecified atom stereocenters. The number of sulfonamides is 1. The van der Waals surface area contributed by atoms with Crippen molar-refractivity contribution >= 4 is 37.6 Å². The van der Waals surface area contributed by atoms with Crippen LogP contribution in [0.3, 0.4) is 0 Å². The molecule has 2 atom stereocenters. The lowest BCUT2D eigenvalue weighted by Gasteiger charge is -2.27. The Morgan fingerprint density at radius 3 is 2.52 bits per heavy atom. The first-order chi connectivity index (χ1) is 12.8. The van der Waals surface area contributed by atoms with E-state index in [1.165, 1.54) is 4.31 Å². The van der Waals surface area contributed by atoms with Crippen LogP contribution in [0.15, 0.2) is 64.5 Å². The number of hydrogen-bond acceptors (Lipinski definition) is 4. The quantitative estimate of drug-likeness (QED) is 0.507. The molecule has 0 aliphatic carbocycles. The van der Waals surface area contributed by atoms with Crippen LogP contribution in [0.1, 0.15) is 24.0 Å². The first-order valence-corrected chi connectivity index (χ1v) is 10.7. The molecule has 0 aromatic heterocycles. The number of aryl methyl sites for hydroxylation is 1. The smallest absolute Gasteiger partial charge is 0.330 e. The Bertz CT molecular complexity index is 986. The Balaban J connectivity index is 2.21. The summed E-state index contributed by atoms with van der Waals surface area (Å²) in [6.45, 7) is 7.56. The fourth-order valence-electron chi connectivity index (χ4n) is 3.29. The Morgan fingerprint density at radius 2 is 1.93 bits per heavy atom. The molecule has 1 aliphatic rings. The van der Waals surface area contributed by atoms with Crippen molar-refractivity contribution in [2.75, 3.05) is 10.9 Å². The van der Waals surface area contributed by atoms with Gasteiger partial charge in [-0.3, -0.25) is 4.31 Å². The van der Waals surface area contributed by atoms with Crippen molar-refractivity contribution in [1.29, 1.82) is 0 Å². The molecule has 0 spiro atoms. The van der Waals surface area contributed by atoms with Crippen LogP contribution in [-0.4, -0.2) is 27.0 Å². The van der Waals surface area contributed by atoms with Gasteiger partial charge in [-0.05, 0) is 49.7 Å². The van der Waals surface area contributed by atoms with Crippen LogP contribution in [0.5, 0.6) is 0 Å². The van der Waals surface area contributed by atoms with Gasteiger partial charge in [-0.15, -0.1) is 6.58 Å². The van der Waals surface area contributed by atoms with E-state index >= 15 is 0 Å². The lowest BCUT2D eigenvalue weighted by Crippen LogP contribution is -2.45. The molecule has 1 heterocycles. The summed E-state index contributed by atoms with van der Waals surface area (Å²) in [5, 5.41) is 0. The van der Waals surface area contributed by atoms with Gasteiger partial charge >= 0.3 is 5.97 Å². The van der Waals surface area contributed by atoms with Crippen LogP contribution >= 0.6 is 15.9 Å². The van der Waals surface area contributed by atoms with Gasteiger partial charge in [0.15, 0.2) is 6.04 Å². The molecule has 0 N–H and O–H groups in total. The van der Waals surface area contributed by atoms with E-state index in [4.69, 9.17) is 4.74 Å². The number of fused-ring (bicyclic) bond motifs is 1. The molecule has 0 radical (unpaired) electrons. The van der Waals surface area contributed by atoms with Crippen LogP contribution in [-0.2, 0) is 19.6 Å². The summed E-state index contributed by atoms with van der Waals surface area (Å²) in [6, 6.07) is 10.8. The molecule has 142 valence electrons. The zero-order valence-electron chi connectivity index (χ0n) is 15.1. The van der Waals surface area contributed by atoms with E-state index < -0.39 is 28.0 Å². The summed E-state index contributed by atoms with van der Waals surface area (Å²) >= 11 is 3.41. The first kappa shape index (κ1) is 19.6. The monoisotopic (exact) mass is 449 g/mol. The number of ether oxygens (including phenoxy) is 1. The zero-order chi connectivity index (χ0) is 19.8. The first-order valence-electron chi connectivity index (χ1n) is 8.51. The average Bonchev–Trinajstić information content (AvgIpc) is 2.96. The van der Waals surface area contributed by atoms with Gasteiger partial charge in [-0.1, -0.05) is 39.7 Å². The zero-order valence-corrected chi connectivity index (χ0v) is 17.5. The van der Waals surface area contributed by atoms with Crippen LogP contribution in [0.25, 0.3) is 0 Å². The highest BCUT2D eigenvalue weighted by molar-refractivity contribution is 9.10. The lowest BCUT2D eigenvalue weighted by molar-refractivity contribution is -0.144. The molecule has 0 saturated carbocycles. The number of esters is 1. The van der Waals surface area contributed by atoms with Gasteiger partial charge in [0, 0.05) is 10.4 Å². The van der Waals surface area contributed by atoms with Crippen LogP contribution in [0.4, 0.5) is 5.69 Å². The van der Waals surface area contributed by atoms with E-state index in [0.717, 1.165) is 10.0 Å². The van der Waals surface area contributed by atoms with Crippen LogP contribution < -0.4 is 4.31 Å². The molecular formula is C20H20BrNO4S. The number of rotatable bonds is 5. The van der Waals surface area contributed by atoms with Crippen molar-refractivity contribution in [3.05, 3.63) is 70.7 Å². The van der Waals surface area contributed by atoms with Crippen molar-refractivity contribution in [2.45, 2.75) is 30.7 Å². The van der Waals surface area contributed by atoms with Gasteiger partial charge in [0.1, 0.15) is 0 Å². The van der Waals surface area contributed by atoms with Crippen molar-refractivity contribution in [2.24, 2.45) is 0 Å². The fraction of sp³-hybridized carbons (Fsp3) is 0.250. The maximum atomic E-state index is 13.4. The molecule has 7 heteroatoms. The average molecular weight is 450 g/mol. The van der Waals surface area contributed by atoms with Gasteiger partial charge in [0.2, 0.25) is 0 Å². The van der Waals surface area contributed by atoms with Gasteiger partial charge in [0.05, 0.1) is 17.2 Å². The lowest BCUT2D eigenvalue weighted by atomic mass is 9.95. The summed E-state index contributed by atoms with van der Waals surface area (Å²) in [4.78, 5) is 12.8. The van der Waals surface area contributed by atoms with E-state index in [-0.39, 0.29) is 11.5 Å². The molecule has 0 saturated heterocycles. The second kappa shape index (κ2) is 7.48. The minimum absolute atomic E-state index is 0.126. The number of hydrogen-bond donors (Lipinski definition) is 0. The molecule has 2 aromatic rings. The van der Waals surface area contributed by atoms with Crippen molar-refractivity contribution < 1.29 is 17.9 Å². The number of carbonyl (C=O) groups is 1. The van der Waals surface area contributed by atoms with Crippen molar-refractivity contribution in [3.63, 3.8) is 0 Å². The molecule has 0 fully saturated rings. The Kier molecular flexibility index (Phi) is 5.44. The predicted molar refractivity (Wildman–Crippen MR) is 108 cm³/mol. The summed E-state index contributed by atoms with van der Waals surface area (Å²) in [7, 11) is -3.97. The standard InChI is InChI=1S/C20H20BrNO4S/c1-4-16-17-12-14(21)8-11-18(17)22(19(16)20(23)26-5-2)27(24,25)15-9-6-13(3)7-10-15/h4,6-12,16,19H,1,5H2,2-3H3/t16-,19-/m1/s1. The SMILES string of the molecule is C=C[C@@H]1c2cc(Br)ccc2N(S(=O)(=O)c2ccc(C)cc2)[C@H]1C(=O)OCC. The Morgan fingerprint density at radius 1 is 1.26 bits per heavy atom. The third-order valence-electron chi connectivity index (χ3n) is 4.54. The molecule has 5 nitrogen and oxygen atoms in total. The molecule has 0 amide bonds. The van der Waals surface area contributed by atoms with E-state index in [1.807, 2.05) is 13.0 Å². The number of benzene rings is 2. The summed E-state index contributed by atoms with van der Waals surface area (Å²) < 4.78 is 34.1. The topological polar surface area (TPSA) is 63.7 Å². The van der Waals surface area contributed by atoms with Gasteiger partial charge in [-0.25, -0.2) is 13.2 Å². The Labute approximate surface area is 167 Å². The molecular weight excluding hydrogens is 430 g/mol. The van der Waals surface area contributed by atoms with E-state index in [0.29, 0.717) is 11.3 Å². The predicted octanol–water partition coefficient (Wildman–Crippen LogP) is 4.17. The molecule has 27 heavy (non-hydrogen) atoms. The second-order valence-corrected chi connectivity index (χ2v) is 9.01. The van der Waals surface area contributed by atoms with Crippen LogP contribution in [0, 0.1) is 6.92 Å². The van der Waals surface area contributed by atoms with Gasteiger partial charge < -0.3 is 4.74 Å². The summed E-state index contributed by atoms with van der Waals surface area (Å²) in [5.74, 6) is -1.10. The fourth-order valence-corrected chi connectivity index (χ4v) is 5.31. The highest BCUT2D eigenvalue weighted by Gasteiger charge is 2.48. The highest BCUT2D eigenvalue weighted by atomic mass is 79.9. The molecule has 3 rings (SSSR count). The minimum Gasteiger partial charge on any atom is -0.464 e. The molecule has 2 aromatic carbocycles. The minimum atomic E-state index is -3.97. The number of carbonyl (C=O) groups excluding carboxylic acids is 1. The van der Waals surface area contributed by atoms with Crippen molar-refractivity contribution in [3.8, 4) is 0 Å². The van der Waals surface area contributed by atoms with Crippen LogP contribution in [0.2, 0.25) is 0 Å². The normalized spacial score (nSPS) is 18.9. The number of anilines is 1. The second-order valence-electron chi connectivity index (χ2n) is 6.28. The maximum absolute atomic E-state index is 13.4. The largest absolute Gasteiger partial charge is 0.464 e. The van der Waals surface area contributed by atoms with Crippen molar-refractivity contribution in [1.82, 2.24) is 0 Å². The van der Waals surface area contributed by atoms with E-state index in [9.17, 15) is 13.2 Å². The number of halogens is 1. The number of nitrogens with zero attached hydrogens (tertiary/aromatic N) is 1. The van der Waals surface area contributed by atoms with E-state index in [1.54, 1.807) is 49.4 Å². The highest BCUT2D eigenvalue weighted by Crippen LogP contribution is 2.46. The molecule has 1 aliphatic heterocycles. The summed E-state index contributed by atoms with van der Waals surface area (Å²) in [5.41, 5.74) is 2.13. The maximum Gasteiger partial charge on any atom is 0.330 e. The third-order valence-corrected chi connectivity index (χ3v) is 6.84. The molecule has 0 bridgehead atoms. The summed E-state index contributed by atoms with van der Waals surface area (Å²) in [6.07, 6.45) is 1.59. The van der Waals surface area contributed by atoms with Gasteiger partial charge in [-0.2, -0.15) is 0 Å². The van der Waals surface area contributed by atoms with Gasteiger partial charge in [0.25, 0.3) is 10.0 Å². The Hall–Kier alpha value is -2.12. The van der Waals surface area contributed by atoms with E-state index in [2.05, 4.69) is 22.5 Å².